The lowest BCUT2D eigenvalue weighted by Crippen LogP contribution is -2.64. The van der Waals surface area contributed by atoms with E-state index in [1.54, 1.807) is 11.8 Å². The molecule has 2 fully saturated rings. The largest absolute Gasteiger partial charge is 0.384 e. The summed E-state index contributed by atoms with van der Waals surface area (Å²) < 4.78 is 13.1. The summed E-state index contributed by atoms with van der Waals surface area (Å²) in [6, 6.07) is 0. The number of nitrogens with zero attached hydrogens (tertiary/aromatic N) is 3. The van der Waals surface area contributed by atoms with Gasteiger partial charge in [0.15, 0.2) is 0 Å². The normalized spacial score (nSPS) is 28.2. The average molecular weight is 347 g/mol. The standard InChI is InChI=1S/C19H29N3O3/c1-12-8-15-16(13(2)25-12)20-21(3)17(15)18(23)22-9-19(10-22,11-24-4)14-6-5-7-14/h12-14H,5-11H2,1-4H3/t12-,13+/m1/s1. The third kappa shape index (κ3) is 2.61. The first-order chi connectivity index (χ1) is 11.9. The van der Waals surface area contributed by atoms with E-state index in [4.69, 9.17) is 9.47 Å². The van der Waals surface area contributed by atoms with Crippen molar-refractivity contribution < 1.29 is 14.3 Å². The number of hydrogen-bond acceptors (Lipinski definition) is 4. The number of amides is 1. The van der Waals surface area contributed by atoms with Crippen molar-refractivity contribution in [3.05, 3.63) is 17.0 Å². The van der Waals surface area contributed by atoms with Gasteiger partial charge < -0.3 is 14.4 Å². The second-order valence-electron chi connectivity index (χ2n) is 8.21. The topological polar surface area (TPSA) is 56.6 Å². The highest BCUT2D eigenvalue weighted by Crippen LogP contribution is 2.48. The number of aryl methyl sites for hydroxylation is 1. The van der Waals surface area contributed by atoms with Gasteiger partial charge in [-0.2, -0.15) is 5.10 Å². The fourth-order valence-corrected chi connectivity index (χ4v) is 4.92. The lowest BCUT2D eigenvalue weighted by molar-refractivity contribution is -0.0977. The van der Waals surface area contributed by atoms with Crippen LogP contribution in [-0.2, 0) is 22.9 Å². The van der Waals surface area contributed by atoms with Gasteiger partial charge in [0.25, 0.3) is 5.91 Å². The second kappa shape index (κ2) is 6.09. The maximum absolute atomic E-state index is 13.2. The first-order valence-electron chi connectivity index (χ1n) is 9.44. The van der Waals surface area contributed by atoms with Gasteiger partial charge in [-0.25, -0.2) is 0 Å². The predicted octanol–water partition coefficient (Wildman–Crippen LogP) is 2.33. The number of aromatic nitrogens is 2. The van der Waals surface area contributed by atoms with E-state index >= 15 is 0 Å². The highest BCUT2D eigenvalue weighted by atomic mass is 16.5. The fraction of sp³-hybridized carbons (Fsp3) is 0.789. The van der Waals surface area contributed by atoms with Crippen LogP contribution in [0.3, 0.4) is 0 Å². The van der Waals surface area contributed by atoms with Gasteiger partial charge in [-0.05, 0) is 32.6 Å². The first kappa shape index (κ1) is 17.0. The maximum atomic E-state index is 13.2. The van der Waals surface area contributed by atoms with E-state index in [2.05, 4.69) is 12.0 Å². The molecule has 0 spiro atoms. The van der Waals surface area contributed by atoms with Crippen molar-refractivity contribution in [1.29, 1.82) is 0 Å². The molecule has 0 aromatic carbocycles. The molecule has 1 aromatic rings. The Labute approximate surface area is 149 Å². The predicted molar refractivity (Wildman–Crippen MR) is 93.4 cm³/mol. The van der Waals surface area contributed by atoms with E-state index < -0.39 is 0 Å². The number of carbonyl (C=O) groups excluding carboxylic acids is 1. The molecule has 0 radical (unpaired) electrons. The molecule has 25 heavy (non-hydrogen) atoms. The van der Waals surface area contributed by atoms with Crippen LogP contribution in [0.2, 0.25) is 0 Å². The van der Waals surface area contributed by atoms with Crippen LogP contribution in [0.4, 0.5) is 0 Å². The van der Waals surface area contributed by atoms with E-state index in [-0.39, 0.29) is 23.5 Å². The van der Waals surface area contributed by atoms with Crippen molar-refractivity contribution in [1.82, 2.24) is 14.7 Å². The molecule has 138 valence electrons. The van der Waals surface area contributed by atoms with Crippen LogP contribution in [0.15, 0.2) is 0 Å². The van der Waals surface area contributed by atoms with Gasteiger partial charge in [0, 0.05) is 44.6 Å². The van der Waals surface area contributed by atoms with Gasteiger partial charge in [0.2, 0.25) is 0 Å². The number of fused-ring (bicyclic) bond motifs is 1. The third-order valence-electron chi connectivity index (χ3n) is 6.39. The minimum absolute atomic E-state index is 0.0505. The van der Waals surface area contributed by atoms with Crippen molar-refractivity contribution in [2.24, 2.45) is 18.4 Å². The minimum atomic E-state index is -0.0505. The summed E-state index contributed by atoms with van der Waals surface area (Å²) in [5, 5.41) is 4.58. The van der Waals surface area contributed by atoms with Gasteiger partial charge in [-0.3, -0.25) is 9.48 Å². The SMILES string of the molecule is COCC1(C2CCC2)CN(C(=O)c2c3c(nn2C)[C@H](C)O[C@H](C)C3)C1. The zero-order chi connectivity index (χ0) is 17.8. The Kier molecular flexibility index (Phi) is 4.15. The molecular formula is C19H29N3O3. The molecule has 3 aliphatic rings. The van der Waals surface area contributed by atoms with Crippen LogP contribution in [0, 0.1) is 11.3 Å². The molecule has 2 aliphatic heterocycles. The molecule has 0 N–H and O–H groups in total. The molecule has 1 aromatic heterocycles. The van der Waals surface area contributed by atoms with Crippen LogP contribution in [0.25, 0.3) is 0 Å². The zero-order valence-corrected chi connectivity index (χ0v) is 15.7. The molecule has 3 heterocycles. The van der Waals surface area contributed by atoms with Crippen LogP contribution in [-0.4, -0.2) is 53.5 Å². The summed E-state index contributed by atoms with van der Waals surface area (Å²) in [7, 11) is 3.64. The molecule has 4 rings (SSSR count). The van der Waals surface area contributed by atoms with Crippen LogP contribution in [0.1, 0.15) is 61.0 Å². The summed E-state index contributed by atoms with van der Waals surface area (Å²) in [6.07, 6.45) is 4.70. The number of methoxy groups -OCH3 is 1. The molecule has 1 aliphatic carbocycles. The summed E-state index contributed by atoms with van der Waals surface area (Å²) in [6.45, 7) is 6.45. The summed E-state index contributed by atoms with van der Waals surface area (Å²) in [5.74, 6) is 0.828. The van der Waals surface area contributed by atoms with Gasteiger partial charge in [-0.1, -0.05) is 6.42 Å². The third-order valence-corrected chi connectivity index (χ3v) is 6.39. The molecular weight excluding hydrogens is 318 g/mol. The lowest BCUT2D eigenvalue weighted by Gasteiger charge is -2.56. The molecule has 1 amide bonds. The van der Waals surface area contributed by atoms with Crippen molar-refractivity contribution in [2.75, 3.05) is 26.8 Å². The van der Waals surface area contributed by atoms with Gasteiger partial charge in [0.05, 0.1) is 24.5 Å². The zero-order valence-electron chi connectivity index (χ0n) is 15.7. The first-order valence-corrected chi connectivity index (χ1v) is 9.44. The minimum Gasteiger partial charge on any atom is -0.384 e. The molecule has 0 unspecified atom stereocenters. The number of rotatable bonds is 4. The van der Waals surface area contributed by atoms with Crippen LogP contribution >= 0.6 is 0 Å². The van der Waals surface area contributed by atoms with Crippen molar-refractivity contribution in [3.8, 4) is 0 Å². The summed E-state index contributed by atoms with van der Waals surface area (Å²) in [5.41, 5.74) is 2.92. The highest BCUT2D eigenvalue weighted by molar-refractivity contribution is 5.95. The van der Waals surface area contributed by atoms with Gasteiger partial charge >= 0.3 is 0 Å². The Bertz CT molecular complexity index is 674. The molecule has 6 heteroatoms. The van der Waals surface area contributed by atoms with Crippen LogP contribution < -0.4 is 0 Å². The average Bonchev–Trinajstić information content (AvgIpc) is 2.78. The highest BCUT2D eigenvalue weighted by Gasteiger charge is 2.52. The Morgan fingerprint density at radius 1 is 1.36 bits per heavy atom. The maximum Gasteiger partial charge on any atom is 0.272 e. The Hall–Kier alpha value is -1.40. The number of likely N-dealkylation sites (tertiary alicyclic amines) is 1. The molecule has 0 bridgehead atoms. The van der Waals surface area contributed by atoms with Crippen molar-refractivity contribution >= 4 is 5.91 Å². The van der Waals surface area contributed by atoms with Gasteiger partial charge in [-0.15, -0.1) is 0 Å². The molecule has 2 atom stereocenters. The number of hydrogen-bond donors (Lipinski definition) is 0. The van der Waals surface area contributed by atoms with E-state index in [0.717, 1.165) is 43.1 Å². The second-order valence-corrected chi connectivity index (χ2v) is 8.21. The monoisotopic (exact) mass is 347 g/mol. The van der Waals surface area contributed by atoms with Crippen molar-refractivity contribution in [3.63, 3.8) is 0 Å². The van der Waals surface area contributed by atoms with Crippen LogP contribution in [0.5, 0.6) is 0 Å². The number of carbonyl (C=O) groups is 1. The molecule has 1 saturated carbocycles. The molecule has 1 saturated heterocycles. The molecule has 6 nitrogen and oxygen atoms in total. The number of ether oxygens (including phenoxy) is 2. The lowest BCUT2D eigenvalue weighted by atomic mass is 9.61. The van der Waals surface area contributed by atoms with E-state index in [9.17, 15) is 4.79 Å². The summed E-state index contributed by atoms with van der Waals surface area (Å²) in [4.78, 5) is 15.2. The fourth-order valence-electron chi connectivity index (χ4n) is 4.92. The Morgan fingerprint density at radius 3 is 2.68 bits per heavy atom. The van der Waals surface area contributed by atoms with E-state index in [1.165, 1.54) is 19.3 Å². The van der Waals surface area contributed by atoms with E-state index in [1.807, 2.05) is 18.9 Å². The van der Waals surface area contributed by atoms with Crippen molar-refractivity contribution in [2.45, 2.75) is 51.7 Å². The van der Waals surface area contributed by atoms with E-state index in [0.29, 0.717) is 5.92 Å². The summed E-state index contributed by atoms with van der Waals surface area (Å²) >= 11 is 0. The van der Waals surface area contributed by atoms with Gasteiger partial charge in [0.1, 0.15) is 5.69 Å². The quantitative estimate of drug-likeness (QED) is 0.839. The Morgan fingerprint density at radius 2 is 2.08 bits per heavy atom. The smallest absolute Gasteiger partial charge is 0.272 e. The Balaban J connectivity index is 1.55.